The lowest BCUT2D eigenvalue weighted by atomic mass is 10.1. The Morgan fingerprint density at radius 2 is 2.00 bits per heavy atom. The molecule has 1 aromatic heterocycles. The van der Waals surface area contributed by atoms with E-state index in [4.69, 9.17) is 4.74 Å². The van der Waals surface area contributed by atoms with Gasteiger partial charge in [0.25, 0.3) is 0 Å². The Balaban J connectivity index is 1.82. The van der Waals surface area contributed by atoms with Crippen molar-refractivity contribution in [1.29, 1.82) is 0 Å². The average molecular weight is 281 g/mol. The molecule has 1 aromatic rings. The van der Waals surface area contributed by atoms with Gasteiger partial charge >= 0.3 is 0 Å². The number of hydrogen-bond donors (Lipinski definition) is 1. The van der Waals surface area contributed by atoms with Crippen molar-refractivity contribution in [2.75, 3.05) is 6.54 Å². The van der Waals surface area contributed by atoms with Crippen molar-refractivity contribution in [3.05, 3.63) is 21.4 Å². The van der Waals surface area contributed by atoms with Crippen molar-refractivity contribution in [1.82, 2.24) is 5.32 Å². The molecule has 0 atom stereocenters. The third-order valence-electron chi connectivity index (χ3n) is 3.90. The molecule has 3 heteroatoms. The molecule has 1 aliphatic carbocycles. The molecule has 2 rings (SSSR count). The highest BCUT2D eigenvalue weighted by atomic mass is 32.1. The van der Waals surface area contributed by atoms with Crippen LogP contribution in [0.15, 0.2) is 6.07 Å². The molecule has 0 saturated heterocycles. The Bertz CT molecular complexity index is 367. The number of hydrogen-bond acceptors (Lipinski definition) is 3. The normalized spacial score (nSPS) is 17.6. The molecule has 0 radical (unpaired) electrons. The second-order valence-electron chi connectivity index (χ2n) is 5.50. The van der Waals surface area contributed by atoms with Crippen molar-refractivity contribution in [2.24, 2.45) is 0 Å². The number of thiophene rings is 1. The first-order valence-corrected chi connectivity index (χ1v) is 8.51. The van der Waals surface area contributed by atoms with E-state index in [2.05, 4.69) is 25.2 Å². The minimum atomic E-state index is 0.499. The predicted octanol–water partition coefficient (Wildman–Crippen LogP) is 4.41. The van der Waals surface area contributed by atoms with Crippen LogP contribution in [0.4, 0.5) is 0 Å². The fraction of sp³-hybridized carbons (Fsp3) is 0.750. The van der Waals surface area contributed by atoms with E-state index in [-0.39, 0.29) is 0 Å². The topological polar surface area (TPSA) is 21.3 Å². The highest BCUT2D eigenvalue weighted by Crippen LogP contribution is 2.25. The van der Waals surface area contributed by atoms with Crippen molar-refractivity contribution in [3.63, 3.8) is 0 Å². The third-order valence-corrected chi connectivity index (χ3v) is 4.99. The van der Waals surface area contributed by atoms with Crippen LogP contribution in [0.2, 0.25) is 0 Å². The first-order chi connectivity index (χ1) is 9.29. The van der Waals surface area contributed by atoms with Gasteiger partial charge in [-0.15, -0.1) is 11.3 Å². The van der Waals surface area contributed by atoms with Crippen LogP contribution in [0, 0.1) is 6.92 Å². The maximum Gasteiger partial charge on any atom is 0.0731 e. The molecular formula is C16H27NOS. The van der Waals surface area contributed by atoms with Gasteiger partial charge in [-0.1, -0.05) is 32.6 Å². The van der Waals surface area contributed by atoms with Gasteiger partial charge in [-0.3, -0.25) is 0 Å². The molecular weight excluding hydrogens is 254 g/mol. The average Bonchev–Trinajstić information content (AvgIpc) is 2.63. The van der Waals surface area contributed by atoms with Crippen molar-refractivity contribution in [3.8, 4) is 0 Å². The molecule has 108 valence electrons. The number of rotatable bonds is 6. The monoisotopic (exact) mass is 281 g/mol. The molecule has 0 unspecified atom stereocenters. The highest BCUT2D eigenvalue weighted by Gasteiger charge is 2.14. The molecule has 1 saturated carbocycles. The largest absolute Gasteiger partial charge is 0.374 e. The van der Waals surface area contributed by atoms with E-state index in [0.717, 1.165) is 19.7 Å². The van der Waals surface area contributed by atoms with Crippen LogP contribution in [-0.4, -0.2) is 12.6 Å². The third kappa shape index (κ3) is 4.90. The zero-order valence-electron chi connectivity index (χ0n) is 12.3. The van der Waals surface area contributed by atoms with Crippen LogP contribution in [0.1, 0.15) is 60.8 Å². The smallest absolute Gasteiger partial charge is 0.0731 e. The summed E-state index contributed by atoms with van der Waals surface area (Å²) in [6.07, 6.45) is 8.49. The number of nitrogens with one attached hydrogen (secondary N) is 1. The Morgan fingerprint density at radius 3 is 2.68 bits per heavy atom. The van der Waals surface area contributed by atoms with Gasteiger partial charge in [0.05, 0.1) is 12.7 Å². The van der Waals surface area contributed by atoms with E-state index in [9.17, 15) is 0 Å². The Labute approximate surface area is 121 Å². The zero-order valence-corrected chi connectivity index (χ0v) is 13.2. The lowest BCUT2D eigenvalue weighted by Gasteiger charge is -2.15. The summed E-state index contributed by atoms with van der Waals surface area (Å²) in [5.41, 5.74) is 1.39. The molecule has 1 heterocycles. The van der Waals surface area contributed by atoms with Crippen LogP contribution < -0.4 is 5.32 Å². The molecule has 0 bridgehead atoms. The summed E-state index contributed by atoms with van der Waals surface area (Å²) in [4.78, 5) is 2.85. The van der Waals surface area contributed by atoms with Crippen molar-refractivity contribution in [2.45, 2.75) is 71.6 Å². The van der Waals surface area contributed by atoms with Gasteiger partial charge in [-0.2, -0.15) is 0 Å². The van der Waals surface area contributed by atoms with Gasteiger partial charge in [-0.25, -0.2) is 0 Å². The summed E-state index contributed by atoms with van der Waals surface area (Å²) in [7, 11) is 0. The summed E-state index contributed by atoms with van der Waals surface area (Å²) < 4.78 is 6.13. The van der Waals surface area contributed by atoms with Gasteiger partial charge in [0.2, 0.25) is 0 Å². The summed E-state index contributed by atoms with van der Waals surface area (Å²) >= 11 is 1.90. The highest BCUT2D eigenvalue weighted by molar-refractivity contribution is 7.12. The predicted molar refractivity (Wildman–Crippen MR) is 82.7 cm³/mol. The number of ether oxygens (including phenoxy) is 1. The minimum absolute atomic E-state index is 0.499. The van der Waals surface area contributed by atoms with Gasteiger partial charge in [0.1, 0.15) is 0 Å². The van der Waals surface area contributed by atoms with Crippen LogP contribution >= 0.6 is 11.3 Å². The van der Waals surface area contributed by atoms with Crippen molar-refractivity contribution >= 4 is 11.3 Å². The van der Waals surface area contributed by atoms with Crippen LogP contribution in [0.5, 0.6) is 0 Å². The lowest BCUT2D eigenvalue weighted by molar-refractivity contribution is 0.0309. The van der Waals surface area contributed by atoms with E-state index < -0.39 is 0 Å². The molecule has 1 aliphatic rings. The molecule has 0 amide bonds. The molecule has 1 fully saturated rings. The molecule has 2 nitrogen and oxygen atoms in total. The minimum Gasteiger partial charge on any atom is -0.374 e. The summed E-state index contributed by atoms with van der Waals surface area (Å²) in [5, 5.41) is 3.39. The summed E-state index contributed by atoms with van der Waals surface area (Å²) in [6.45, 7) is 7.19. The zero-order chi connectivity index (χ0) is 13.5. The Morgan fingerprint density at radius 1 is 1.26 bits per heavy atom. The Hall–Kier alpha value is -0.380. The Kier molecular flexibility index (Phi) is 6.35. The first-order valence-electron chi connectivity index (χ1n) is 7.70. The molecule has 0 spiro atoms. The first kappa shape index (κ1) is 15.0. The van der Waals surface area contributed by atoms with E-state index in [1.165, 1.54) is 53.8 Å². The molecule has 19 heavy (non-hydrogen) atoms. The second-order valence-corrected chi connectivity index (χ2v) is 6.84. The van der Waals surface area contributed by atoms with Crippen LogP contribution in [0.25, 0.3) is 0 Å². The second kappa shape index (κ2) is 8.03. The fourth-order valence-corrected chi connectivity index (χ4v) is 3.70. The lowest BCUT2D eigenvalue weighted by Crippen LogP contribution is -2.11. The fourth-order valence-electron chi connectivity index (χ4n) is 2.68. The molecule has 1 N–H and O–H groups in total. The van der Waals surface area contributed by atoms with Gasteiger partial charge < -0.3 is 10.1 Å². The van der Waals surface area contributed by atoms with E-state index >= 15 is 0 Å². The molecule has 0 aliphatic heterocycles. The molecule has 0 aromatic carbocycles. The van der Waals surface area contributed by atoms with Gasteiger partial charge in [0, 0.05) is 16.3 Å². The maximum atomic E-state index is 6.13. The van der Waals surface area contributed by atoms with E-state index in [1.807, 2.05) is 11.3 Å². The van der Waals surface area contributed by atoms with Crippen molar-refractivity contribution < 1.29 is 4.74 Å². The van der Waals surface area contributed by atoms with E-state index in [1.54, 1.807) is 0 Å². The van der Waals surface area contributed by atoms with Gasteiger partial charge in [-0.05, 0) is 37.9 Å². The van der Waals surface area contributed by atoms with E-state index in [0.29, 0.717) is 6.10 Å². The standard InChI is InChI=1S/C16H27NOS/c1-3-17-11-16-10-14(13(2)19-16)12-18-15-8-6-4-5-7-9-15/h10,15,17H,3-9,11-12H2,1-2H3. The SMILES string of the molecule is CCNCc1cc(COC2CCCCCC2)c(C)s1. The maximum absolute atomic E-state index is 6.13. The quantitative estimate of drug-likeness (QED) is 0.780. The van der Waals surface area contributed by atoms with Gasteiger partial charge in [0.15, 0.2) is 0 Å². The number of aryl methyl sites for hydroxylation is 1. The van der Waals surface area contributed by atoms with Crippen LogP contribution in [-0.2, 0) is 17.9 Å². The summed E-state index contributed by atoms with van der Waals surface area (Å²) in [5.74, 6) is 0. The summed E-state index contributed by atoms with van der Waals surface area (Å²) in [6, 6.07) is 2.32. The van der Waals surface area contributed by atoms with Crippen LogP contribution in [0.3, 0.4) is 0 Å².